The smallest absolute Gasteiger partial charge is 0.305 e. The lowest BCUT2D eigenvalue weighted by Crippen LogP contribution is -2.38. The first-order chi connectivity index (χ1) is 12.1. The van der Waals surface area contributed by atoms with E-state index in [2.05, 4.69) is 10.6 Å². The number of hydrogen-bond acceptors (Lipinski definition) is 5. The predicted molar refractivity (Wildman–Crippen MR) is 91.1 cm³/mol. The van der Waals surface area contributed by atoms with E-state index in [-0.39, 0.29) is 18.3 Å². The van der Waals surface area contributed by atoms with Gasteiger partial charge in [0.05, 0.1) is 4.92 Å². The van der Waals surface area contributed by atoms with Crippen molar-refractivity contribution in [2.24, 2.45) is 0 Å². The Morgan fingerprint density at radius 3 is 2.60 bits per heavy atom. The zero-order valence-electron chi connectivity index (χ0n) is 14.1. The van der Waals surface area contributed by atoms with Crippen LogP contribution in [0.4, 0.5) is 10.1 Å². The van der Waals surface area contributed by atoms with Crippen LogP contribution in [-0.2, 0) is 4.79 Å². The number of hydrogen-bond donors (Lipinski definition) is 2. The molecule has 0 spiro atoms. The number of nitro groups is 1. The highest BCUT2D eigenvalue weighted by Gasteiger charge is 2.15. The van der Waals surface area contributed by atoms with Gasteiger partial charge < -0.3 is 15.4 Å². The summed E-state index contributed by atoms with van der Waals surface area (Å²) in [4.78, 5) is 21.4. The molecule has 7 nitrogen and oxygen atoms in total. The number of nitrogens with zero attached hydrogens (tertiary/aromatic N) is 1. The second kappa shape index (κ2) is 9.93. The Kier molecular flexibility index (Phi) is 7.59. The molecular formula is C17H24FN3O4. The Hall–Kier alpha value is -2.22. The van der Waals surface area contributed by atoms with Gasteiger partial charge in [-0.15, -0.1) is 0 Å². The van der Waals surface area contributed by atoms with Crippen molar-refractivity contribution in [3.8, 4) is 5.75 Å². The van der Waals surface area contributed by atoms with Crippen molar-refractivity contribution >= 4 is 11.6 Å². The van der Waals surface area contributed by atoms with Gasteiger partial charge in [-0.2, -0.15) is 4.39 Å². The van der Waals surface area contributed by atoms with Crippen LogP contribution in [0.25, 0.3) is 0 Å². The minimum absolute atomic E-state index is 0.0785. The maximum Gasteiger partial charge on any atom is 0.305 e. The molecule has 1 aliphatic carbocycles. The van der Waals surface area contributed by atoms with E-state index < -0.39 is 16.4 Å². The van der Waals surface area contributed by atoms with E-state index in [1.54, 1.807) is 0 Å². The Morgan fingerprint density at radius 1 is 1.24 bits per heavy atom. The maximum absolute atomic E-state index is 13.4. The zero-order valence-corrected chi connectivity index (χ0v) is 14.1. The van der Waals surface area contributed by atoms with Gasteiger partial charge in [0.2, 0.25) is 5.82 Å². The van der Waals surface area contributed by atoms with Crippen molar-refractivity contribution in [1.82, 2.24) is 10.6 Å². The molecule has 1 saturated carbocycles. The number of carbonyl (C=O) groups excluding carboxylic acids is 1. The molecule has 1 aromatic rings. The normalized spacial score (nSPS) is 15.4. The molecule has 0 unspecified atom stereocenters. The average Bonchev–Trinajstić information content (AvgIpc) is 2.85. The van der Waals surface area contributed by atoms with Crippen LogP contribution in [0.1, 0.15) is 38.5 Å². The molecule has 1 aromatic carbocycles. The average molecular weight is 353 g/mol. The number of amides is 1. The van der Waals surface area contributed by atoms with Crippen LogP contribution >= 0.6 is 0 Å². The molecule has 1 fully saturated rings. The first-order valence-electron chi connectivity index (χ1n) is 8.63. The summed E-state index contributed by atoms with van der Waals surface area (Å²) in [5.41, 5.74) is -0.624. The summed E-state index contributed by atoms with van der Waals surface area (Å²) in [5, 5.41) is 16.7. The molecule has 2 N–H and O–H groups in total. The molecule has 2 rings (SSSR count). The van der Waals surface area contributed by atoms with Gasteiger partial charge in [-0.1, -0.05) is 25.7 Å². The topological polar surface area (TPSA) is 93.5 Å². The fourth-order valence-corrected chi connectivity index (χ4v) is 2.89. The molecule has 25 heavy (non-hydrogen) atoms. The van der Waals surface area contributed by atoms with E-state index in [9.17, 15) is 19.3 Å². The number of carbonyl (C=O) groups is 1. The maximum atomic E-state index is 13.4. The summed E-state index contributed by atoms with van der Waals surface area (Å²) in [7, 11) is 0. The molecule has 1 amide bonds. The molecule has 0 heterocycles. The van der Waals surface area contributed by atoms with E-state index in [1.165, 1.54) is 44.6 Å². The summed E-state index contributed by atoms with van der Waals surface area (Å²) < 4.78 is 18.6. The third-order valence-corrected chi connectivity index (χ3v) is 4.22. The summed E-state index contributed by atoms with van der Waals surface area (Å²) >= 11 is 0. The van der Waals surface area contributed by atoms with Gasteiger partial charge in [0.1, 0.15) is 5.75 Å². The Labute approximate surface area is 146 Å². The quantitative estimate of drug-likeness (QED) is 0.324. The van der Waals surface area contributed by atoms with E-state index >= 15 is 0 Å². The van der Waals surface area contributed by atoms with E-state index in [0.717, 1.165) is 12.1 Å². The number of ether oxygens (including phenoxy) is 1. The lowest BCUT2D eigenvalue weighted by atomic mass is 10.1. The predicted octanol–water partition coefficient (Wildman–Crippen LogP) is 2.54. The second-order valence-corrected chi connectivity index (χ2v) is 6.15. The molecule has 0 aliphatic heterocycles. The number of rotatable bonds is 8. The fraction of sp³-hybridized carbons (Fsp3) is 0.588. The second-order valence-electron chi connectivity index (χ2n) is 6.15. The number of nitro benzene ring substituents is 1. The summed E-state index contributed by atoms with van der Waals surface area (Å²) in [6.07, 6.45) is 7.48. The first kappa shape index (κ1) is 19.1. The number of nitrogens with one attached hydrogen (secondary N) is 2. The van der Waals surface area contributed by atoms with Gasteiger partial charge in [-0.3, -0.25) is 14.9 Å². The first-order valence-corrected chi connectivity index (χ1v) is 8.63. The SMILES string of the molecule is O=C(COc1ccc([N+](=O)[O-])c(F)c1)NCCNC1CCCCCC1. The van der Waals surface area contributed by atoms with Crippen LogP contribution in [0.15, 0.2) is 18.2 Å². The minimum atomic E-state index is -0.990. The zero-order chi connectivity index (χ0) is 18.1. The molecule has 0 bridgehead atoms. The van der Waals surface area contributed by atoms with Crippen LogP contribution in [0, 0.1) is 15.9 Å². The molecule has 0 saturated heterocycles. The van der Waals surface area contributed by atoms with Crippen LogP contribution in [0.5, 0.6) is 5.75 Å². The van der Waals surface area contributed by atoms with Gasteiger partial charge in [-0.05, 0) is 18.9 Å². The van der Waals surface area contributed by atoms with Crippen LogP contribution in [-0.4, -0.2) is 36.6 Å². The summed E-state index contributed by atoms with van der Waals surface area (Å²) in [5.74, 6) is -1.23. The fourth-order valence-electron chi connectivity index (χ4n) is 2.89. The van der Waals surface area contributed by atoms with Crippen molar-refractivity contribution in [1.29, 1.82) is 0 Å². The Morgan fingerprint density at radius 2 is 1.96 bits per heavy atom. The third-order valence-electron chi connectivity index (χ3n) is 4.22. The summed E-state index contributed by atoms with van der Waals surface area (Å²) in [6.45, 7) is 0.927. The van der Waals surface area contributed by atoms with Gasteiger partial charge in [0.25, 0.3) is 5.91 Å². The van der Waals surface area contributed by atoms with Crippen LogP contribution < -0.4 is 15.4 Å². The van der Waals surface area contributed by atoms with E-state index in [0.29, 0.717) is 19.1 Å². The lowest BCUT2D eigenvalue weighted by Gasteiger charge is -2.16. The standard InChI is InChI=1S/C17H24FN3O4/c18-15-11-14(7-8-16(15)21(23)24)25-12-17(22)20-10-9-19-13-5-3-1-2-4-6-13/h7-8,11,13,19H,1-6,9-10,12H2,(H,20,22). The van der Waals surface area contributed by atoms with Crippen molar-refractivity contribution in [3.05, 3.63) is 34.1 Å². The largest absolute Gasteiger partial charge is 0.484 e. The van der Waals surface area contributed by atoms with E-state index in [1.807, 2.05) is 0 Å². The van der Waals surface area contributed by atoms with Crippen LogP contribution in [0.3, 0.4) is 0 Å². The van der Waals surface area contributed by atoms with Crippen molar-refractivity contribution in [2.75, 3.05) is 19.7 Å². The Bertz CT molecular complexity index is 589. The molecule has 0 atom stereocenters. The highest BCUT2D eigenvalue weighted by atomic mass is 19.1. The molecular weight excluding hydrogens is 329 g/mol. The molecule has 1 aliphatic rings. The molecule has 8 heteroatoms. The highest BCUT2D eigenvalue weighted by molar-refractivity contribution is 5.77. The molecule has 0 radical (unpaired) electrons. The minimum Gasteiger partial charge on any atom is -0.484 e. The van der Waals surface area contributed by atoms with Crippen LogP contribution in [0.2, 0.25) is 0 Å². The van der Waals surface area contributed by atoms with Gasteiger partial charge in [0.15, 0.2) is 6.61 Å². The molecule has 0 aromatic heterocycles. The van der Waals surface area contributed by atoms with Crippen molar-refractivity contribution in [3.63, 3.8) is 0 Å². The van der Waals surface area contributed by atoms with E-state index in [4.69, 9.17) is 4.74 Å². The Balaban J connectivity index is 1.63. The highest BCUT2D eigenvalue weighted by Crippen LogP contribution is 2.22. The third kappa shape index (κ3) is 6.66. The van der Waals surface area contributed by atoms with Gasteiger partial charge >= 0.3 is 5.69 Å². The molecule has 138 valence electrons. The summed E-state index contributed by atoms with van der Waals surface area (Å²) in [6, 6.07) is 3.71. The number of benzene rings is 1. The van der Waals surface area contributed by atoms with Crippen molar-refractivity contribution in [2.45, 2.75) is 44.6 Å². The lowest BCUT2D eigenvalue weighted by molar-refractivity contribution is -0.387. The van der Waals surface area contributed by atoms with Crippen molar-refractivity contribution < 1.29 is 18.8 Å². The van der Waals surface area contributed by atoms with Gasteiger partial charge in [-0.25, -0.2) is 0 Å². The monoisotopic (exact) mass is 353 g/mol. The number of halogens is 1. The van der Waals surface area contributed by atoms with Gasteiger partial charge in [0, 0.05) is 31.3 Å².